The van der Waals surface area contributed by atoms with Gasteiger partial charge >= 0.3 is 0 Å². The van der Waals surface area contributed by atoms with Gasteiger partial charge in [-0.3, -0.25) is 4.79 Å². The summed E-state index contributed by atoms with van der Waals surface area (Å²) in [6, 6.07) is 8.17. The fraction of sp³-hybridized carbons (Fsp3) is 0.333. The van der Waals surface area contributed by atoms with Crippen LogP contribution in [0.1, 0.15) is 37.8 Å². The minimum absolute atomic E-state index is 0.00125. The molecule has 0 saturated carbocycles. The predicted molar refractivity (Wildman–Crippen MR) is 86.6 cm³/mol. The first-order valence-corrected chi connectivity index (χ1v) is 7.76. The van der Waals surface area contributed by atoms with Gasteiger partial charge in [-0.05, 0) is 43.4 Å². The Bertz CT molecular complexity index is 661. The molecule has 1 N–H and O–H groups in total. The van der Waals surface area contributed by atoms with Gasteiger partial charge in [-0.15, -0.1) is 0 Å². The molecular formula is C18H21N3O. The highest BCUT2D eigenvalue weighted by Gasteiger charge is 2.16. The Hall–Kier alpha value is -2.36. The number of nitrogens with zero attached hydrogens (tertiary/aromatic N) is 2. The van der Waals surface area contributed by atoms with E-state index < -0.39 is 0 Å². The summed E-state index contributed by atoms with van der Waals surface area (Å²) in [5.41, 5.74) is 2.15. The van der Waals surface area contributed by atoms with Crippen molar-refractivity contribution in [2.45, 2.75) is 32.2 Å². The topological polar surface area (TPSA) is 46.9 Å². The third kappa shape index (κ3) is 3.45. The average molecular weight is 295 g/mol. The first kappa shape index (κ1) is 14.6. The summed E-state index contributed by atoms with van der Waals surface area (Å²) in [6.45, 7) is 2.02. The Labute approximate surface area is 130 Å². The van der Waals surface area contributed by atoms with Crippen LogP contribution in [0, 0.1) is 5.92 Å². The number of hydrogen-bond acceptors (Lipinski definition) is 2. The van der Waals surface area contributed by atoms with Gasteiger partial charge in [0.1, 0.15) is 0 Å². The van der Waals surface area contributed by atoms with Crippen LogP contribution < -0.4 is 5.32 Å². The lowest BCUT2D eigenvalue weighted by Gasteiger charge is -2.17. The zero-order valence-corrected chi connectivity index (χ0v) is 12.8. The summed E-state index contributed by atoms with van der Waals surface area (Å²) >= 11 is 0. The quantitative estimate of drug-likeness (QED) is 0.859. The highest BCUT2D eigenvalue weighted by atomic mass is 16.1. The van der Waals surface area contributed by atoms with Crippen molar-refractivity contribution in [3.05, 3.63) is 60.7 Å². The minimum atomic E-state index is 0.00125. The highest BCUT2D eigenvalue weighted by molar-refractivity contribution is 5.77. The molecule has 1 heterocycles. The Morgan fingerprint density at radius 1 is 1.50 bits per heavy atom. The van der Waals surface area contributed by atoms with E-state index in [1.54, 1.807) is 12.5 Å². The van der Waals surface area contributed by atoms with Crippen LogP contribution in [0.3, 0.4) is 0 Å². The molecular weight excluding hydrogens is 274 g/mol. The monoisotopic (exact) mass is 295 g/mol. The van der Waals surface area contributed by atoms with E-state index in [4.69, 9.17) is 0 Å². The third-order valence-corrected chi connectivity index (χ3v) is 4.11. The maximum absolute atomic E-state index is 12.1. The van der Waals surface area contributed by atoms with Crippen LogP contribution in [-0.4, -0.2) is 15.5 Å². The lowest BCUT2D eigenvalue weighted by atomic mass is 10.0. The molecule has 0 saturated heterocycles. The Kier molecular flexibility index (Phi) is 4.37. The second-order valence-electron chi connectivity index (χ2n) is 5.82. The van der Waals surface area contributed by atoms with E-state index >= 15 is 0 Å². The summed E-state index contributed by atoms with van der Waals surface area (Å²) < 4.78 is 1.96. The van der Waals surface area contributed by atoms with Gasteiger partial charge in [-0.25, -0.2) is 4.98 Å². The molecule has 0 spiro atoms. The molecule has 1 amide bonds. The zero-order chi connectivity index (χ0) is 15.4. The van der Waals surface area contributed by atoms with Crippen molar-refractivity contribution >= 4 is 5.91 Å². The molecule has 2 aromatic rings. The van der Waals surface area contributed by atoms with Gasteiger partial charge in [-0.1, -0.05) is 24.3 Å². The number of allylic oxidation sites excluding steroid dienone is 2. The van der Waals surface area contributed by atoms with Gasteiger partial charge in [0, 0.05) is 24.5 Å². The number of amides is 1. The molecule has 4 heteroatoms. The van der Waals surface area contributed by atoms with Crippen LogP contribution in [0.2, 0.25) is 0 Å². The van der Waals surface area contributed by atoms with Crippen molar-refractivity contribution in [3.63, 3.8) is 0 Å². The minimum Gasteiger partial charge on any atom is -0.350 e. The van der Waals surface area contributed by atoms with Crippen LogP contribution in [-0.2, 0) is 4.79 Å². The number of hydrogen-bond donors (Lipinski definition) is 1. The SMILES string of the molecule is C[C@H](NC(=O)C[C@@H]1C=CCC1)c1cccc(-n2ccnc2)c1. The fourth-order valence-electron chi connectivity index (χ4n) is 2.85. The summed E-state index contributed by atoms with van der Waals surface area (Å²) in [5, 5.41) is 3.10. The standard InChI is InChI=1S/C18H21N3O/c1-14(20-18(22)11-15-5-2-3-6-15)16-7-4-8-17(12-16)21-10-9-19-13-21/h2,4-5,7-10,12-15H,3,6,11H2,1H3,(H,20,22)/t14-,15+/m0/s1. The van der Waals surface area contributed by atoms with Crippen LogP contribution in [0.4, 0.5) is 0 Å². The average Bonchev–Trinajstić information content (AvgIpc) is 3.20. The smallest absolute Gasteiger partial charge is 0.221 e. The Morgan fingerprint density at radius 2 is 2.41 bits per heavy atom. The molecule has 0 bridgehead atoms. The number of aromatic nitrogens is 2. The summed E-state index contributed by atoms with van der Waals surface area (Å²) in [6.07, 6.45) is 12.5. The normalized spacial score (nSPS) is 18.3. The first-order valence-electron chi connectivity index (χ1n) is 7.76. The second-order valence-corrected chi connectivity index (χ2v) is 5.82. The van der Waals surface area contributed by atoms with Crippen LogP contribution >= 0.6 is 0 Å². The van der Waals surface area contributed by atoms with Gasteiger partial charge in [-0.2, -0.15) is 0 Å². The number of nitrogens with one attached hydrogen (secondary N) is 1. The molecule has 0 fully saturated rings. The van der Waals surface area contributed by atoms with Gasteiger partial charge in [0.05, 0.1) is 12.4 Å². The van der Waals surface area contributed by atoms with E-state index in [2.05, 4.69) is 28.5 Å². The van der Waals surface area contributed by atoms with Gasteiger partial charge in [0.25, 0.3) is 0 Å². The summed E-state index contributed by atoms with van der Waals surface area (Å²) in [4.78, 5) is 16.2. The van der Waals surface area contributed by atoms with Crippen molar-refractivity contribution in [2.75, 3.05) is 0 Å². The number of carbonyl (C=O) groups is 1. The number of carbonyl (C=O) groups excluding carboxylic acids is 1. The molecule has 1 aromatic heterocycles. The van der Waals surface area contributed by atoms with E-state index in [1.165, 1.54) is 0 Å². The molecule has 2 atom stereocenters. The van der Waals surface area contributed by atoms with E-state index in [-0.39, 0.29) is 11.9 Å². The Balaban J connectivity index is 1.64. The number of rotatable bonds is 5. The van der Waals surface area contributed by atoms with Gasteiger partial charge < -0.3 is 9.88 Å². The van der Waals surface area contributed by atoms with Gasteiger partial charge in [0.2, 0.25) is 5.91 Å². The molecule has 0 aliphatic heterocycles. The number of imidazole rings is 1. The molecule has 0 unspecified atom stereocenters. The maximum atomic E-state index is 12.1. The molecule has 114 valence electrons. The molecule has 1 aliphatic carbocycles. The maximum Gasteiger partial charge on any atom is 0.221 e. The summed E-state index contributed by atoms with van der Waals surface area (Å²) in [5.74, 6) is 0.529. The van der Waals surface area contributed by atoms with E-state index in [9.17, 15) is 4.79 Å². The highest BCUT2D eigenvalue weighted by Crippen LogP contribution is 2.21. The van der Waals surface area contributed by atoms with E-state index in [0.29, 0.717) is 12.3 Å². The molecule has 1 aliphatic rings. The first-order chi connectivity index (χ1) is 10.7. The van der Waals surface area contributed by atoms with Crippen molar-refractivity contribution < 1.29 is 4.79 Å². The van der Waals surface area contributed by atoms with Crippen molar-refractivity contribution in [1.29, 1.82) is 0 Å². The lowest BCUT2D eigenvalue weighted by Crippen LogP contribution is -2.27. The second kappa shape index (κ2) is 6.60. The number of benzene rings is 1. The van der Waals surface area contributed by atoms with E-state index in [1.807, 2.05) is 35.9 Å². The van der Waals surface area contributed by atoms with Crippen molar-refractivity contribution in [2.24, 2.45) is 5.92 Å². The molecule has 3 rings (SSSR count). The molecule has 0 radical (unpaired) electrons. The molecule has 22 heavy (non-hydrogen) atoms. The lowest BCUT2D eigenvalue weighted by molar-refractivity contribution is -0.122. The predicted octanol–water partition coefficient (Wildman–Crippen LogP) is 3.41. The van der Waals surface area contributed by atoms with Crippen LogP contribution in [0.25, 0.3) is 5.69 Å². The molecule has 4 nitrogen and oxygen atoms in total. The van der Waals surface area contributed by atoms with Crippen LogP contribution in [0.5, 0.6) is 0 Å². The third-order valence-electron chi connectivity index (χ3n) is 4.11. The zero-order valence-electron chi connectivity index (χ0n) is 12.8. The summed E-state index contributed by atoms with van der Waals surface area (Å²) in [7, 11) is 0. The largest absolute Gasteiger partial charge is 0.350 e. The van der Waals surface area contributed by atoms with Crippen molar-refractivity contribution in [3.8, 4) is 5.69 Å². The van der Waals surface area contributed by atoms with Gasteiger partial charge in [0.15, 0.2) is 0 Å². The van der Waals surface area contributed by atoms with E-state index in [0.717, 1.165) is 24.1 Å². The Morgan fingerprint density at radius 3 is 3.14 bits per heavy atom. The van der Waals surface area contributed by atoms with Crippen molar-refractivity contribution in [1.82, 2.24) is 14.9 Å². The molecule has 1 aromatic carbocycles. The van der Waals surface area contributed by atoms with Crippen LogP contribution in [0.15, 0.2) is 55.1 Å². The fourth-order valence-corrected chi connectivity index (χ4v) is 2.85.